The molecule has 3 fully saturated rings. The molecule has 3 heterocycles. The van der Waals surface area contributed by atoms with Crippen molar-refractivity contribution in [1.82, 2.24) is 4.98 Å². The first-order valence-electron chi connectivity index (χ1n) is 13.9. The lowest BCUT2D eigenvalue weighted by molar-refractivity contribution is -1.11. The summed E-state index contributed by atoms with van der Waals surface area (Å²) in [5.74, 6) is 0.990. The van der Waals surface area contributed by atoms with Gasteiger partial charge in [0.15, 0.2) is 0 Å². The third-order valence-electron chi connectivity index (χ3n) is 11.0. The second kappa shape index (κ2) is 7.72. The van der Waals surface area contributed by atoms with Gasteiger partial charge in [0.1, 0.15) is 19.3 Å². The average molecular weight is 490 g/mol. The number of alkyl halides is 1. The first kappa shape index (κ1) is 23.1. The van der Waals surface area contributed by atoms with Crippen LogP contribution >= 0.6 is 0 Å². The maximum absolute atomic E-state index is 13.2. The monoisotopic (exact) mass is 489 g/mol. The molecule has 0 amide bonds. The molecule has 1 aromatic carbocycles. The number of allylic oxidation sites excluding steroid dienone is 1. The minimum atomic E-state index is -0.496. The predicted octanol–water partition coefficient (Wildman–Crippen LogP) is 6.65. The first-order valence-corrected chi connectivity index (χ1v) is 13.9. The summed E-state index contributed by atoms with van der Waals surface area (Å²) in [4.78, 5) is 4.36. The summed E-state index contributed by atoms with van der Waals surface area (Å²) in [6.45, 7) is 2.16. The molecule has 0 radical (unpaired) electrons. The molecule has 7 rings (SSSR count). The number of aromatic nitrogens is 1. The molecule has 5 aliphatic rings. The van der Waals surface area contributed by atoms with Crippen LogP contribution in [0.3, 0.4) is 0 Å². The van der Waals surface area contributed by atoms with Gasteiger partial charge >= 0.3 is 0 Å². The first-order chi connectivity index (χ1) is 17.3. The number of ether oxygens (including phenoxy) is 1. The Bertz CT molecular complexity index is 1290. The van der Waals surface area contributed by atoms with Gasteiger partial charge in [0.25, 0.3) is 0 Å². The molecule has 2 bridgehead atoms. The predicted molar refractivity (Wildman–Crippen MR) is 138 cm³/mol. The number of nitrogens with zero attached hydrogens (tertiary/aromatic N) is 2. The van der Waals surface area contributed by atoms with E-state index in [0.29, 0.717) is 11.8 Å². The average Bonchev–Trinajstić information content (AvgIpc) is 3.38. The van der Waals surface area contributed by atoms with E-state index >= 15 is 0 Å². The molecular formula is C31H38FN2O2+. The molecule has 7 atom stereocenters. The van der Waals surface area contributed by atoms with Crippen molar-refractivity contribution in [3.05, 3.63) is 65.5 Å². The van der Waals surface area contributed by atoms with E-state index in [1.54, 1.807) is 7.05 Å². The Morgan fingerprint density at radius 3 is 2.92 bits per heavy atom. The second-order valence-corrected chi connectivity index (χ2v) is 12.7. The molecular weight excluding hydrogens is 451 g/mol. The van der Waals surface area contributed by atoms with E-state index in [0.717, 1.165) is 38.5 Å². The van der Waals surface area contributed by atoms with Crippen LogP contribution in [0.4, 0.5) is 4.39 Å². The Balaban J connectivity index is 1.24. The van der Waals surface area contributed by atoms with Crippen molar-refractivity contribution in [3.8, 4) is 0 Å². The van der Waals surface area contributed by atoms with Gasteiger partial charge < -0.3 is 4.74 Å². The van der Waals surface area contributed by atoms with Crippen LogP contribution in [0.15, 0.2) is 60.0 Å². The van der Waals surface area contributed by atoms with Crippen LogP contribution in [0, 0.1) is 11.3 Å². The zero-order valence-corrected chi connectivity index (χ0v) is 21.5. The van der Waals surface area contributed by atoms with Crippen molar-refractivity contribution in [2.75, 3.05) is 20.3 Å². The van der Waals surface area contributed by atoms with E-state index in [1.807, 2.05) is 12.4 Å². The van der Waals surface area contributed by atoms with Crippen LogP contribution in [0.1, 0.15) is 69.8 Å². The van der Waals surface area contributed by atoms with E-state index in [9.17, 15) is 9.60 Å². The second-order valence-electron chi connectivity index (χ2n) is 12.7. The van der Waals surface area contributed by atoms with Crippen molar-refractivity contribution in [1.29, 1.82) is 0 Å². The van der Waals surface area contributed by atoms with E-state index in [1.165, 1.54) is 40.3 Å². The van der Waals surface area contributed by atoms with Crippen LogP contribution < -0.4 is 0 Å². The van der Waals surface area contributed by atoms with E-state index < -0.39 is 6.67 Å². The van der Waals surface area contributed by atoms with Crippen LogP contribution in [0.2, 0.25) is 0 Å². The fourth-order valence-electron chi connectivity index (χ4n) is 9.08. The van der Waals surface area contributed by atoms with Crippen LogP contribution in [-0.4, -0.2) is 52.3 Å². The lowest BCUT2D eigenvalue weighted by Gasteiger charge is -2.54. The van der Waals surface area contributed by atoms with Gasteiger partial charge in [-0.15, -0.1) is 0 Å². The van der Waals surface area contributed by atoms with Crippen LogP contribution in [-0.2, 0) is 4.74 Å². The number of hydrogen-bond acceptors (Lipinski definition) is 3. The number of pyridine rings is 1. The number of hydroxylamine groups is 3. The maximum atomic E-state index is 13.2. The highest BCUT2D eigenvalue weighted by atomic mass is 19.1. The fraction of sp³-hybridized carbons (Fsp3) is 0.581. The van der Waals surface area contributed by atoms with Gasteiger partial charge in [0.05, 0.1) is 18.2 Å². The molecule has 190 valence electrons. The summed E-state index contributed by atoms with van der Waals surface area (Å²) < 4.78 is 20.3. The number of halogens is 1. The highest BCUT2D eigenvalue weighted by Gasteiger charge is 2.67. The Morgan fingerprint density at radius 2 is 2.06 bits per heavy atom. The van der Waals surface area contributed by atoms with Gasteiger partial charge in [0, 0.05) is 30.6 Å². The normalized spacial score (nSPS) is 40.6. The number of rotatable bonds is 4. The van der Waals surface area contributed by atoms with Gasteiger partial charge in [-0.25, -0.2) is 9.60 Å². The molecule has 1 N–H and O–H groups in total. The molecule has 1 unspecified atom stereocenters. The Hall–Kier alpha value is -2.08. The largest absolute Gasteiger partial charge is 0.359 e. The molecule has 4 nitrogen and oxygen atoms in total. The minimum absolute atomic E-state index is 0.0242. The summed E-state index contributed by atoms with van der Waals surface area (Å²) in [5, 5.41) is 13.5. The van der Waals surface area contributed by atoms with E-state index in [4.69, 9.17) is 4.74 Å². The molecule has 2 spiro atoms. The third-order valence-corrected chi connectivity index (χ3v) is 11.0. The van der Waals surface area contributed by atoms with Crippen molar-refractivity contribution in [2.45, 2.75) is 81.5 Å². The number of quaternary nitrogens is 1. The van der Waals surface area contributed by atoms with Gasteiger partial charge in [-0.3, -0.25) is 4.98 Å². The number of hydrogen-bond donors (Lipinski definition) is 1. The Morgan fingerprint density at radius 1 is 1.17 bits per heavy atom. The van der Waals surface area contributed by atoms with Crippen LogP contribution in [0.5, 0.6) is 0 Å². The van der Waals surface area contributed by atoms with Crippen molar-refractivity contribution >= 4 is 10.8 Å². The molecule has 1 aromatic heterocycles. The highest BCUT2D eigenvalue weighted by molar-refractivity contribution is 5.82. The summed E-state index contributed by atoms with van der Waals surface area (Å²) in [5.41, 5.74) is 3.92. The van der Waals surface area contributed by atoms with E-state index in [-0.39, 0.29) is 33.9 Å². The lowest BCUT2D eigenvalue weighted by Crippen LogP contribution is -2.59. The van der Waals surface area contributed by atoms with Gasteiger partial charge in [-0.05, 0) is 90.0 Å². The zero-order chi connectivity index (χ0) is 24.8. The van der Waals surface area contributed by atoms with E-state index in [2.05, 4.69) is 48.3 Å². The van der Waals surface area contributed by atoms with Crippen molar-refractivity contribution in [3.63, 3.8) is 0 Å². The molecule has 5 heteroatoms. The molecule has 2 aromatic rings. The highest BCUT2D eigenvalue weighted by Crippen LogP contribution is 2.69. The summed E-state index contributed by atoms with van der Waals surface area (Å²) in [7, 11) is 1.77. The quantitative estimate of drug-likeness (QED) is 0.386. The third kappa shape index (κ3) is 3.06. The topological polar surface area (TPSA) is 42.4 Å². The number of fused-ring (bicyclic) bond motifs is 2. The molecule has 2 aliphatic heterocycles. The number of benzene rings is 1. The minimum Gasteiger partial charge on any atom is -0.359 e. The van der Waals surface area contributed by atoms with Crippen LogP contribution in [0.25, 0.3) is 10.8 Å². The maximum Gasteiger partial charge on any atom is 0.141 e. The Labute approximate surface area is 213 Å². The van der Waals surface area contributed by atoms with Gasteiger partial charge in [0.2, 0.25) is 0 Å². The summed E-state index contributed by atoms with van der Waals surface area (Å²) in [6, 6.07) is 9.07. The van der Waals surface area contributed by atoms with Crippen molar-refractivity contribution in [2.24, 2.45) is 11.3 Å². The summed E-state index contributed by atoms with van der Waals surface area (Å²) >= 11 is 0. The van der Waals surface area contributed by atoms with Gasteiger partial charge in [-0.2, -0.15) is 4.65 Å². The Kier molecular flexibility index (Phi) is 4.95. The summed E-state index contributed by atoms with van der Waals surface area (Å²) in [6.07, 6.45) is 17.0. The lowest BCUT2D eigenvalue weighted by atomic mass is 9.58. The standard InChI is InChI=1S/C31H38FN2O2/c1-29-11-9-25-18-24-5-6-26(34(2,35)16-14-32)19-30(24)12-13-31(25,36-30)28(29)8-7-27(29)22-4-3-21-10-15-33-20-23(21)17-22/h3-4,9-10,15,17-18,20,26-28,35H,5-8,11-14,16,19H2,1-2H3/q+1/t26-,27-,28-,29-,30-,31-,34?/m1/s1. The fourth-order valence-corrected chi connectivity index (χ4v) is 9.08. The smallest absolute Gasteiger partial charge is 0.141 e. The van der Waals surface area contributed by atoms with Crippen molar-refractivity contribution < 1.29 is 19.0 Å². The molecule has 3 aliphatic carbocycles. The SMILES string of the molecule is C[C@]12CC=C3C=C4CC[C@@H]([N+](C)(O)CCF)C[C@]45CC[C@]3(O5)[C@@H]1CC[C@@H]2c1ccc2ccncc2c1. The molecule has 2 saturated carbocycles. The zero-order valence-electron chi connectivity index (χ0n) is 21.5. The molecule has 36 heavy (non-hydrogen) atoms. The van der Waals surface area contributed by atoms with Gasteiger partial charge in [-0.1, -0.05) is 31.2 Å². The molecule has 1 saturated heterocycles.